The van der Waals surface area contributed by atoms with E-state index in [1.54, 1.807) is 6.92 Å². The molecule has 1 rings (SSSR count). The summed E-state index contributed by atoms with van der Waals surface area (Å²) in [4.78, 5) is 24.5. The fraction of sp³-hybridized carbons (Fsp3) is 0.818. The molecule has 1 saturated heterocycles. The number of carboxylic acid groups (broad SMARTS) is 1. The van der Waals surface area contributed by atoms with Gasteiger partial charge in [-0.25, -0.2) is 9.59 Å². The zero-order valence-electron chi connectivity index (χ0n) is 10.5. The summed E-state index contributed by atoms with van der Waals surface area (Å²) >= 11 is 0. The highest BCUT2D eigenvalue weighted by Gasteiger charge is 2.45. The fourth-order valence-corrected chi connectivity index (χ4v) is 2.07. The largest absolute Gasteiger partial charge is 0.480 e. The number of rotatable bonds is 5. The Labute approximate surface area is 101 Å². The van der Waals surface area contributed by atoms with Crippen molar-refractivity contribution in [3.8, 4) is 0 Å². The van der Waals surface area contributed by atoms with Gasteiger partial charge in [0.05, 0.1) is 0 Å². The van der Waals surface area contributed by atoms with E-state index >= 15 is 0 Å². The molecule has 2 amide bonds. The Bertz CT molecular complexity index is 296. The van der Waals surface area contributed by atoms with Gasteiger partial charge < -0.3 is 20.6 Å². The van der Waals surface area contributed by atoms with Crippen LogP contribution in [0.1, 0.15) is 26.2 Å². The molecule has 0 aliphatic carbocycles. The summed E-state index contributed by atoms with van der Waals surface area (Å²) in [5, 5.41) is 14.9. The minimum atomic E-state index is -1.05. The lowest BCUT2D eigenvalue weighted by Crippen LogP contribution is -2.54. The van der Waals surface area contributed by atoms with Crippen LogP contribution in [0.4, 0.5) is 4.79 Å². The molecule has 3 N–H and O–H groups in total. The SMILES string of the molecule is CNCCCNC(=O)N1CCCC1(C)C(=O)O. The molecule has 1 unspecified atom stereocenters. The summed E-state index contributed by atoms with van der Waals surface area (Å²) in [5.74, 6) is -0.930. The van der Waals surface area contributed by atoms with Gasteiger partial charge in [0, 0.05) is 13.1 Å². The number of likely N-dealkylation sites (tertiary alicyclic amines) is 1. The van der Waals surface area contributed by atoms with E-state index in [0.29, 0.717) is 19.5 Å². The average Bonchev–Trinajstić information content (AvgIpc) is 2.68. The average molecular weight is 243 g/mol. The van der Waals surface area contributed by atoms with Crippen molar-refractivity contribution in [1.29, 1.82) is 0 Å². The van der Waals surface area contributed by atoms with Crippen molar-refractivity contribution in [3.05, 3.63) is 0 Å². The number of nitrogens with one attached hydrogen (secondary N) is 2. The molecule has 1 atom stereocenters. The van der Waals surface area contributed by atoms with Gasteiger partial charge in [0.2, 0.25) is 0 Å². The molecule has 0 aromatic heterocycles. The van der Waals surface area contributed by atoms with Gasteiger partial charge in [0.1, 0.15) is 5.54 Å². The second-order valence-corrected chi connectivity index (χ2v) is 4.52. The van der Waals surface area contributed by atoms with Gasteiger partial charge in [-0.05, 0) is 39.8 Å². The monoisotopic (exact) mass is 243 g/mol. The molecule has 0 aromatic carbocycles. The quantitative estimate of drug-likeness (QED) is 0.604. The molecule has 98 valence electrons. The van der Waals surface area contributed by atoms with E-state index in [1.165, 1.54) is 4.90 Å². The van der Waals surface area contributed by atoms with Gasteiger partial charge in [0.25, 0.3) is 0 Å². The molecule has 1 aliphatic rings. The maximum atomic E-state index is 11.9. The molecule has 1 aliphatic heterocycles. The Hall–Kier alpha value is -1.30. The van der Waals surface area contributed by atoms with Crippen molar-refractivity contribution in [1.82, 2.24) is 15.5 Å². The first-order valence-corrected chi connectivity index (χ1v) is 5.96. The van der Waals surface area contributed by atoms with Crippen LogP contribution in [-0.2, 0) is 4.79 Å². The molecule has 0 bridgehead atoms. The topological polar surface area (TPSA) is 81.7 Å². The zero-order chi connectivity index (χ0) is 12.9. The molecule has 0 aromatic rings. The summed E-state index contributed by atoms with van der Waals surface area (Å²) < 4.78 is 0. The number of amides is 2. The standard InChI is InChI=1S/C11H21N3O3/c1-11(9(15)16)5-3-8-14(11)10(17)13-7-4-6-12-2/h12H,3-8H2,1-2H3,(H,13,17)(H,15,16). The lowest BCUT2D eigenvalue weighted by atomic mass is 10.00. The Morgan fingerprint density at radius 1 is 1.41 bits per heavy atom. The van der Waals surface area contributed by atoms with Crippen molar-refractivity contribution >= 4 is 12.0 Å². The summed E-state index contributed by atoms with van der Waals surface area (Å²) in [6.07, 6.45) is 2.10. The number of aliphatic carboxylic acids is 1. The Morgan fingerprint density at radius 3 is 2.71 bits per heavy atom. The van der Waals surface area contributed by atoms with E-state index in [9.17, 15) is 9.59 Å². The van der Waals surface area contributed by atoms with Crippen LogP contribution in [0.3, 0.4) is 0 Å². The smallest absolute Gasteiger partial charge is 0.329 e. The molecule has 0 radical (unpaired) electrons. The number of carboxylic acids is 1. The third-order valence-electron chi connectivity index (χ3n) is 3.23. The maximum Gasteiger partial charge on any atom is 0.329 e. The van der Waals surface area contributed by atoms with Crippen LogP contribution in [-0.4, -0.2) is 54.2 Å². The number of hydrogen-bond acceptors (Lipinski definition) is 3. The molecule has 0 spiro atoms. The van der Waals surface area contributed by atoms with Crippen LogP contribution in [0.25, 0.3) is 0 Å². The van der Waals surface area contributed by atoms with Crippen LogP contribution in [0.15, 0.2) is 0 Å². The Balaban J connectivity index is 2.48. The van der Waals surface area contributed by atoms with E-state index < -0.39 is 11.5 Å². The van der Waals surface area contributed by atoms with E-state index in [4.69, 9.17) is 5.11 Å². The van der Waals surface area contributed by atoms with Crippen LogP contribution in [0, 0.1) is 0 Å². The van der Waals surface area contributed by atoms with Crippen LogP contribution in [0.2, 0.25) is 0 Å². The number of carbonyl (C=O) groups is 2. The maximum absolute atomic E-state index is 11.9. The lowest BCUT2D eigenvalue weighted by molar-refractivity contribution is -0.147. The van der Waals surface area contributed by atoms with Gasteiger partial charge in [-0.2, -0.15) is 0 Å². The Kier molecular flexibility index (Phi) is 4.74. The first-order chi connectivity index (χ1) is 8.02. The van der Waals surface area contributed by atoms with E-state index in [2.05, 4.69) is 10.6 Å². The van der Waals surface area contributed by atoms with E-state index in [1.807, 2.05) is 7.05 Å². The minimum Gasteiger partial charge on any atom is -0.480 e. The molecule has 0 saturated carbocycles. The number of nitrogens with zero attached hydrogens (tertiary/aromatic N) is 1. The normalized spacial score (nSPS) is 23.8. The second kappa shape index (κ2) is 5.86. The number of hydrogen-bond donors (Lipinski definition) is 3. The molecular formula is C11H21N3O3. The lowest BCUT2D eigenvalue weighted by Gasteiger charge is -2.31. The van der Waals surface area contributed by atoms with Gasteiger partial charge in [-0.1, -0.05) is 0 Å². The van der Waals surface area contributed by atoms with Crippen molar-refractivity contribution in [3.63, 3.8) is 0 Å². The first-order valence-electron chi connectivity index (χ1n) is 5.96. The van der Waals surface area contributed by atoms with Gasteiger partial charge in [-0.15, -0.1) is 0 Å². The summed E-state index contributed by atoms with van der Waals surface area (Å²) in [7, 11) is 1.85. The molecule has 1 fully saturated rings. The predicted octanol–water partition coefficient (Wildman–Crippen LogP) is 0.245. The van der Waals surface area contributed by atoms with Gasteiger partial charge >= 0.3 is 12.0 Å². The number of urea groups is 1. The van der Waals surface area contributed by atoms with Crippen molar-refractivity contribution in [2.45, 2.75) is 31.7 Å². The van der Waals surface area contributed by atoms with Crippen LogP contribution in [0.5, 0.6) is 0 Å². The van der Waals surface area contributed by atoms with Crippen LogP contribution < -0.4 is 10.6 Å². The van der Waals surface area contributed by atoms with Crippen LogP contribution >= 0.6 is 0 Å². The summed E-state index contributed by atoms with van der Waals surface area (Å²) in [5.41, 5.74) is -1.05. The first kappa shape index (κ1) is 13.8. The Morgan fingerprint density at radius 2 is 2.12 bits per heavy atom. The predicted molar refractivity (Wildman–Crippen MR) is 63.9 cm³/mol. The summed E-state index contributed by atoms with van der Waals surface area (Å²) in [6, 6.07) is -0.275. The van der Waals surface area contributed by atoms with Gasteiger partial charge in [-0.3, -0.25) is 0 Å². The molecular weight excluding hydrogens is 222 g/mol. The van der Waals surface area contributed by atoms with Gasteiger partial charge in [0.15, 0.2) is 0 Å². The molecule has 1 heterocycles. The molecule has 6 nitrogen and oxygen atoms in total. The van der Waals surface area contributed by atoms with E-state index in [0.717, 1.165) is 19.4 Å². The third kappa shape index (κ3) is 3.09. The minimum absolute atomic E-state index is 0.275. The highest BCUT2D eigenvalue weighted by atomic mass is 16.4. The van der Waals surface area contributed by atoms with Crippen molar-refractivity contribution in [2.24, 2.45) is 0 Å². The highest BCUT2D eigenvalue weighted by molar-refractivity contribution is 5.86. The molecule has 6 heteroatoms. The number of carbonyl (C=O) groups excluding carboxylic acids is 1. The molecule has 17 heavy (non-hydrogen) atoms. The third-order valence-corrected chi connectivity index (χ3v) is 3.23. The van der Waals surface area contributed by atoms with E-state index in [-0.39, 0.29) is 6.03 Å². The van der Waals surface area contributed by atoms with Crippen molar-refractivity contribution < 1.29 is 14.7 Å². The summed E-state index contributed by atoms with van der Waals surface area (Å²) in [6.45, 7) is 3.51. The zero-order valence-corrected chi connectivity index (χ0v) is 10.5. The highest BCUT2D eigenvalue weighted by Crippen LogP contribution is 2.28. The van der Waals surface area contributed by atoms with Crippen molar-refractivity contribution in [2.75, 3.05) is 26.7 Å². The fourth-order valence-electron chi connectivity index (χ4n) is 2.07. The second-order valence-electron chi connectivity index (χ2n) is 4.52.